The third-order valence-corrected chi connectivity index (χ3v) is 4.64. The predicted octanol–water partition coefficient (Wildman–Crippen LogP) is 1.58. The maximum Gasteiger partial charge on any atom is 0.226 e. The van der Waals surface area contributed by atoms with Gasteiger partial charge in [-0.05, 0) is 30.7 Å². The van der Waals surface area contributed by atoms with Gasteiger partial charge in [-0.1, -0.05) is 5.16 Å². The van der Waals surface area contributed by atoms with E-state index in [4.69, 9.17) is 4.52 Å². The Bertz CT molecular complexity index is 706. The number of hydrogen-bond donors (Lipinski definition) is 0. The van der Waals surface area contributed by atoms with Crippen molar-refractivity contribution in [1.29, 1.82) is 0 Å². The van der Waals surface area contributed by atoms with Gasteiger partial charge < -0.3 is 9.42 Å². The van der Waals surface area contributed by atoms with Crippen LogP contribution in [0.25, 0.3) is 0 Å². The first-order chi connectivity index (χ1) is 10.6. The minimum absolute atomic E-state index is 0.0277. The number of aryl methyl sites for hydroxylation is 2. The SMILES string of the molecule is Cc1nc(C2CCCN2C(=O)C2CC2c2cnn(C)c2)no1. The van der Waals surface area contributed by atoms with Gasteiger partial charge >= 0.3 is 0 Å². The minimum Gasteiger partial charge on any atom is -0.340 e. The van der Waals surface area contributed by atoms with Gasteiger partial charge in [0.1, 0.15) is 0 Å². The second-order valence-electron chi connectivity index (χ2n) is 6.26. The first kappa shape index (κ1) is 13.5. The predicted molar refractivity (Wildman–Crippen MR) is 76.8 cm³/mol. The molecule has 116 valence electrons. The lowest BCUT2D eigenvalue weighted by Crippen LogP contribution is -2.32. The Hall–Kier alpha value is -2.18. The smallest absolute Gasteiger partial charge is 0.226 e. The maximum atomic E-state index is 12.8. The van der Waals surface area contributed by atoms with Gasteiger partial charge in [0.2, 0.25) is 11.8 Å². The normalized spacial score (nSPS) is 27.4. The van der Waals surface area contributed by atoms with Crippen molar-refractivity contribution in [3.8, 4) is 0 Å². The quantitative estimate of drug-likeness (QED) is 0.860. The van der Waals surface area contributed by atoms with E-state index in [1.165, 1.54) is 0 Å². The van der Waals surface area contributed by atoms with E-state index < -0.39 is 0 Å². The number of carbonyl (C=O) groups is 1. The molecule has 7 heteroatoms. The summed E-state index contributed by atoms with van der Waals surface area (Å²) in [5.74, 6) is 1.81. The Morgan fingerprint density at radius 3 is 3.00 bits per heavy atom. The summed E-state index contributed by atoms with van der Waals surface area (Å²) in [5, 5.41) is 8.19. The number of aromatic nitrogens is 4. The van der Waals surface area contributed by atoms with Crippen molar-refractivity contribution in [2.45, 2.75) is 38.1 Å². The first-order valence-corrected chi connectivity index (χ1v) is 7.72. The lowest BCUT2D eigenvalue weighted by Gasteiger charge is -2.22. The molecule has 2 fully saturated rings. The average Bonchev–Trinajstić information content (AvgIpc) is 2.85. The zero-order valence-electron chi connectivity index (χ0n) is 12.8. The standard InChI is InChI=1S/C15H19N5O2/c1-9-17-14(18-22-9)13-4-3-5-20(13)15(21)12-6-11(12)10-7-16-19(2)8-10/h7-8,11-13H,3-6H2,1-2H3. The van der Waals surface area contributed by atoms with Crippen molar-refractivity contribution >= 4 is 5.91 Å². The van der Waals surface area contributed by atoms with Gasteiger partial charge in [-0.25, -0.2) is 0 Å². The molecule has 1 saturated carbocycles. The highest BCUT2D eigenvalue weighted by atomic mass is 16.5. The van der Waals surface area contributed by atoms with Crippen molar-refractivity contribution in [1.82, 2.24) is 24.8 Å². The summed E-state index contributed by atoms with van der Waals surface area (Å²) in [6, 6.07) is -0.0277. The highest BCUT2D eigenvalue weighted by molar-refractivity contribution is 5.83. The van der Waals surface area contributed by atoms with E-state index >= 15 is 0 Å². The van der Waals surface area contributed by atoms with Crippen LogP contribution in [0.4, 0.5) is 0 Å². The molecule has 0 aromatic carbocycles. The zero-order chi connectivity index (χ0) is 15.3. The van der Waals surface area contributed by atoms with Crippen LogP contribution in [0.5, 0.6) is 0 Å². The van der Waals surface area contributed by atoms with Crippen molar-refractivity contribution in [2.75, 3.05) is 6.54 Å². The first-order valence-electron chi connectivity index (χ1n) is 7.72. The van der Waals surface area contributed by atoms with Crippen LogP contribution in [0.3, 0.4) is 0 Å². The Kier molecular flexibility index (Phi) is 3.02. The van der Waals surface area contributed by atoms with E-state index in [-0.39, 0.29) is 17.9 Å². The average molecular weight is 301 g/mol. The molecule has 1 saturated heterocycles. The fourth-order valence-electron chi connectivity index (χ4n) is 3.43. The topological polar surface area (TPSA) is 77.1 Å². The van der Waals surface area contributed by atoms with Gasteiger partial charge in [0, 0.05) is 32.6 Å². The largest absolute Gasteiger partial charge is 0.340 e. The third-order valence-electron chi connectivity index (χ3n) is 4.64. The highest BCUT2D eigenvalue weighted by Crippen LogP contribution is 2.49. The van der Waals surface area contributed by atoms with E-state index in [0.717, 1.165) is 31.4 Å². The summed E-state index contributed by atoms with van der Waals surface area (Å²) in [7, 11) is 1.90. The number of amides is 1. The van der Waals surface area contributed by atoms with Crippen molar-refractivity contribution < 1.29 is 9.32 Å². The second kappa shape index (κ2) is 4.93. The Morgan fingerprint density at radius 1 is 1.45 bits per heavy atom. The molecular formula is C15H19N5O2. The van der Waals surface area contributed by atoms with E-state index in [1.54, 1.807) is 11.6 Å². The number of hydrogen-bond acceptors (Lipinski definition) is 5. The van der Waals surface area contributed by atoms with E-state index in [1.807, 2.05) is 24.3 Å². The molecule has 0 radical (unpaired) electrons. The monoisotopic (exact) mass is 301 g/mol. The summed E-state index contributed by atoms with van der Waals surface area (Å²) < 4.78 is 6.85. The molecule has 0 bridgehead atoms. The van der Waals surface area contributed by atoms with Gasteiger partial charge in [-0.15, -0.1) is 0 Å². The second-order valence-corrected chi connectivity index (χ2v) is 6.26. The fraction of sp³-hybridized carbons (Fsp3) is 0.600. The van der Waals surface area contributed by atoms with Crippen LogP contribution in [0.2, 0.25) is 0 Å². The molecule has 1 aliphatic heterocycles. The zero-order valence-corrected chi connectivity index (χ0v) is 12.8. The van der Waals surface area contributed by atoms with E-state index in [0.29, 0.717) is 17.6 Å². The van der Waals surface area contributed by atoms with Crippen LogP contribution >= 0.6 is 0 Å². The van der Waals surface area contributed by atoms with Crippen LogP contribution in [0.1, 0.15) is 48.5 Å². The van der Waals surface area contributed by atoms with Gasteiger partial charge in [-0.2, -0.15) is 10.1 Å². The molecule has 2 aromatic rings. The summed E-state index contributed by atoms with van der Waals surface area (Å²) in [4.78, 5) is 19.0. The van der Waals surface area contributed by atoms with Crippen molar-refractivity contribution in [2.24, 2.45) is 13.0 Å². The maximum absolute atomic E-state index is 12.8. The third kappa shape index (κ3) is 2.20. The Morgan fingerprint density at radius 2 is 2.32 bits per heavy atom. The number of likely N-dealkylation sites (tertiary alicyclic amines) is 1. The molecule has 1 amide bonds. The molecule has 3 atom stereocenters. The minimum atomic E-state index is -0.0277. The summed E-state index contributed by atoms with van der Waals surface area (Å²) in [6.45, 7) is 2.56. The lowest BCUT2D eigenvalue weighted by atomic mass is 10.1. The molecule has 2 aliphatic rings. The number of carbonyl (C=O) groups excluding carboxylic acids is 1. The number of rotatable bonds is 3. The van der Waals surface area contributed by atoms with Crippen LogP contribution in [-0.2, 0) is 11.8 Å². The summed E-state index contributed by atoms with van der Waals surface area (Å²) in [5.41, 5.74) is 1.16. The molecule has 3 heterocycles. The van der Waals surface area contributed by atoms with Gasteiger partial charge in [0.25, 0.3) is 0 Å². The van der Waals surface area contributed by atoms with Crippen molar-refractivity contribution in [3.05, 3.63) is 29.7 Å². The van der Waals surface area contributed by atoms with Gasteiger partial charge in [0.05, 0.1) is 12.2 Å². The molecule has 0 N–H and O–H groups in total. The molecule has 1 aliphatic carbocycles. The van der Waals surface area contributed by atoms with Crippen LogP contribution in [0.15, 0.2) is 16.9 Å². The van der Waals surface area contributed by atoms with E-state index in [9.17, 15) is 4.79 Å². The molecule has 22 heavy (non-hydrogen) atoms. The van der Waals surface area contributed by atoms with Crippen LogP contribution in [0, 0.1) is 12.8 Å². The molecule has 3 unspecified atom stereocenters. The molecule has 7 nitrogen and oxygen atoms in total. The molecular weight excluding hydrogens is 282 g/mol. The molecule has 2 aromatic heterocycles. The highest BCUT2D eigenvalue weighted by Gasteiger charge is 2.48. The number of nitrogens with zero attached hydrogens (tertiary/aromatic N) is 5. The van der Waals surface area contributed by atoms with Crippen LogP contribution < -0.4 is 0 Å². The van der Waals surface area contributed by atoms with Gasteiger partial charge in [-0.3, -0.25) is 9.48 Å². The molecule has 0 spiro atoms. The van der Waals surface area contributed by atoms with Gasteiger partial charge in [0.15, 0.2) is 5.82 Å². The summed E-state index contributed by atoms with van der Waals surface area (Å²) in [6.07, 6.45) is 6.69. The Balaban J connectivity index is 1.48. The lowest BCUT2D eigenvalue weighted by molar-refractivity contribution is -0.133. The molecule has 4 rings (SSSR count). The van der Waals surface area contributed by atoms with E-state index in [2.05, 4.69) is 15.2 Å². The Labute approximate surface area is 128 Å². The fourth-order valence-corrected chi connectivity index (χ4v) is 3.43. The summed E-state index contributed by atoms with van der Waals surface area (Å²) >= 11 is 0. The van der Waals surface area contributed by atoms with Crippen molar-refractivity contribution in [3.63, 3.8) is 0 Å². The van der Waals surface area contributed by atoms with Crippen LogP contribution in [-0.4, -0.2) is 37.3 Å².